The molecule has 6 aromatic carbocycles. The molecule has 4 heterocycles. The molecule has 2 aliphatic heterocycles. The topological polar surface area (TPSA) is 24.3 Å². The second-order valence-corrected chi connectivity index (χ2v) is 17.9. The molecule has 4 nitrogen and oxygen atoms in total. The summed E-state index contributed by atoms with van der Waals surface area (Å²) in [5.41, 5.74) is 5.20. The molecule has 0 amide bonds. The Hall–Kier alpha value is -6.27. The summed E-state index contributed by atoms with van der Waals surface area (Å²) in [6.07, 6.45) is 1.87. The molecule has 0 saturated carbocycles. The third-order valence-corrected chi connectivity index (χ3v) is 12.6. The number of fused-ring (bicyclic) bond motifs is 17. The molecule has 0 N–H and O–H groups in total. The molecular formula is C53H48F2N4. The van der Waals surface area contributed by atoms with Crippen LogP contribution in [0.3, 0.4) is 0 Å². The Morgan fingerprint density at radius 1 is 0.627 bits per heavy atom. The maximum absolute atomic E-state index is 17.3. The first-order valence-electron chi connectivity index (χ1n) is 21.8. The summed E-state index contributed by atoms with van der Waals surface area (Å²) >= 11 is 0. The van der Waals surface area contributed by atoms with Gasteiger partial charge in [-0.25, -0.2) is 4.98 Å². The van der Waals surface area contributed by atoms with Crippen molar-refractivity contribution >= 4 is 44.6 Å². The van der Waals surface area contributed by atoms with Gasteiger partial charge in [0.05, 0.1) is 28.1 Å². The summed E-state index contributed by atoms with van der Waals surface area (Å²) in [7, 11) is 0. The highest BCUT2D eigenvalue weighted by Crippen LogP contribution is 2.53. The number of anilines is 4. The van der Waals surface area contributed by atoms with Gasteiger partial charge in [-0.3, -0.25) is 4.57 Å². The summed E-state index contributed by atoms with van der Waals surface area (Å²) in [6, 6.07) is 47.1. The van der Waals surface area contributed by atoms with Crippen LogP contribution in [0.25, 0.3) is 27.6 Å². The van der Waals surface area contributed by atoms with Crippen molar-refractivity contribution in [3.8, 4) is 5.82 Å². The van der Waals surface area contributed by atoms with E-state index in [0.29, 0.717) is 34.8 Å². The van der Waals surface area contributed by atoms with Crippen molar-refractivity contribution in [2.75, 3.05) is 16.5 Å². The molecule has 10 rings (SSSR count). The fourth-order valence-electron chi connectivity index (χ4n) is 9.72. The van der Waals surface area contributed by atoms with Crippen LogP contribution >= 0.6 is 0 Å². The van der Waals surface area contributed by atoms with Crippen molar-refractivity contribution < 1.29 is 12.9 Å². The van der Waals surface area contributed by atoms with Crippen LogP contribution < -0.4 is 9.80 Å². The molecule has 8 bridgehead atoms. The molecular weight excluding hydrogens is 731 g/mol. The van der Waals surface area contributed by atoms with Gasteiger partial charge in [-0.05, 0) is 88.0 Å². The standard InChI is InChI=1S/C53H48F2N4/c1-50(2,3)42-21-15-22-43-49(42)58-34-57(45-24-12-13-25-46(45)58)39-19-14-18-37(30-39)53(54,55)38-26-27-41-40-20-10-11-23-44(40)59(47(41)31-38)48-32-36(28-29-56-48)52(6,33-51(43,4)5)35-16-8-7-9-17-35/h7-32H,33-34H2,1-6H3/i6D3. The predicted octanol–water partition coefficient (Wildman–Crippen LogP) is 13.9. The molecule has 0 aliphatic carbocycles. The zero-order chi connectivity index (χ0) is 43.4. The van der Waals surface area contributed by atoms with E-state index in [4.69, 9.17) is 4.98 Å². The second-order valence-electron chi connectivity index (χ2n) is 17.9. The van der Waals surface area contributed by atoms with Crippen LogP contribution in [0.2, 0.25) is 0 Å². The summed E-state index contributed by atoms with van der Waals surface area (Å²) in [4.78, 5) is 9.29. The SMILES string of the molecule is [2H]C([2H])([2H])C1(c2ccccc2)CC(C)(C)c2cccc(C(C)(C)C)c2N2CN(c3cccc(c3)C(F)(F)c3ccc4c5ccccc5n(c4c3)-c3cc1ccn3)c1ccccc12. The van der Waals surface area contributed by atoms with Crippen molar-refractivity contribution in [1.29, 1.82) is 0 Å². The average molecular weight is 782 g/mol. The monoisotopic (exact) mass is 781 g/mol. The quantitative estimate of drug-likeness (QED) is 0.166. The van der Waals surface area contributed by atoms with E-state index in [9.17, 15) is 4.11 Å². The third kappa shape index (κ3) is 5.78. The van der Waals surface area contributed by atoms with Crippen LogP contribution in [-0.4, -0.2) is 16.2 Å². The Bertz CT molecular complexity index is 3040. The highest BCUT2D eigenvalue weighted by Gasteiger charge is 2.42. The third-order valence-electron chi connectivity index (χ3n) is 12.6. The van der Waals surface area contributed by atoms with Gasteiger partial charge < -0.3 is 9.80 Å². The number of benzene rings is 6. The molecule has 2 aromatic heterocycles. The van der Waals surface area contributed by atoms with Crippen molar-refractivity contribution in [1.82, 2.24) is 9.55 Å². The number of alkyl halides is 2. The van der Waals surface area contributed by atoms with Crippen LogP contribution in [-0.2, 0) is 22.2 Å². The van der Waals surface area contributed by atoms with Crippen LogP contribution in [0, 0.1) is 0 Å². The minimum Gasteiger partial charge on any atom is -0.321 e. The van der Waals surface area contributed by atoms with Gasteiger partial charge in [-0.1, -0.05) is 145 Å². The fourth-order valence-corrected chi connectivity index (χ4v) is 9.72. The molecule has 6 heteroatoms. The van der Waals surface area contributed by atoms with Gasteiger partial charge in [0.1, 0.15) is 12.5 Å². The zero-order valence-electron chi connectivity index (χ0n) is 37.0. The minimum atomic E-state index is -3.37. The van der Waals surface area contributed by atoms with E-state index in [0.717, 1.165) is 44.5 Å². The lowest BCUT2D eigenvalue weighted by Gasteiger charge is -2.42. The Kier molecular flexibility index (Phi) is 7.49. The smallest absolute Gasteiger partial charge is 0.298 e. The highest BCUT2D eigenvalue weighted by atomic mass is 19.3. The number of aromatic nitrogens is 2. The molecule has 0 saturated heterocycles. The second kappa shape index (κ2) is 13.1. The molecule has 59 heavy (non-hydrogen) atoms. The zero-order valence-corrected chi connectivity index (χ0v) is 34.0. The number of para-hydroxylation sites is 4. The Balaban J connectivity index is 1.34. The van der Waals surface area contributed by atoms with Gasteiger partial charge in [-0.15, -0.1) is 0 Å². The van der Waals surface area contributed by atoms with Gasteiger partial charge in [0, 0.05) is 43.3 Å². The number of nitrogens with zero attached hydrogens (tertiary/aromatic N) is 4. The first kappa shape index (κ1) is 33.7. The molecule has 8 aromatic rings. The van der Waals surface area contributed by atoms with Crippen molar-refractivity contribution in [3.05, 3.63) is 191 Å². The molecule has 294 valence electrons. The summed E-state index contributed by atoms with van der Waals surface area (Å²) in [6.45, 7) is 8.71. The first-order valence-corrected chi connectivity index (χ1v) is 20.3. The van der Waals surface area contributed by atoms with Crippen LogP contribution in [0.15, 0.2) is 158 Å². The summed E-state index contributed by atoms with van der Waals surface area (Å²) in [5, 5.41) is 1.67. The van der Waals surface area contributed by atoms with Gasteiger partial charge in [0.15, 0.2) is 0 Å². The summed E-state index contributed by atoms with van der Waals surface area (Å²) in [5.74, 6) is -2.93. The number of hydrogen-bond donors (Lipinski definition) is 0. The van der Waals surface area contributed by atoms with Gasteiger partial charge in [0.25, 0.3) is 5.92 Å². The Morgan fingerprint density at radius 3 is 2.08 bits per heavy atom. The van der Waals surface area contributed by atoms with Crippen molar-refractivity contribution in [2.45, 2.75) is 70.1 Å². The van der Waals surface area contributed by atoms with Crippen molar-refractivity contribution in [2.24, 2.45) is 0 Å². The lowest BCUT2D eigenvalue weighted by molar-refractivity contribution is 0.0430. The van der Waals surface area contributed by atoms with Crippen LogP contribution in [0.1, 0.15) is 85.4 Å². The molecule has 1 unspecified atom stereocenters. The van der Waals surface area contributed by atoms with E-state index in [1.165, 1.54) is 12.1 Å². The van der Waals surface area contributed by atoms with Gasteiger partial charge >= 0.3 is 0 Å². The number of pyridine rings is 1. The Morgan fingerprint density at radius 2 is 1.31 bits per heavy atom. The average Bonchev–Trinajstić information content (AvgIpc) is 3.81. The fraction of sp³-hybridized carbons (Fsp3) is 0.226. The van der Waals surface area contributed by atoms with E-state index in [-0.39, 0.29) is 23.0 Å². The van der Waals surface area contributed by atoms with E-state index < -0.39 is 23.6 Å². The normalized spacial score (nSPS) is 19.3. The Labute approximate surface area is 349 Å². The number of halogens is 2. The largest absolute Gasteiger partial charge is 0.321 e. The molecule has 0 fully saturated rings. The van der Waals surface area contributed by atoms with Gasteiger partial charge in [0.2, 0.25) is 0 Å². The minimum absolute atomic E-state index is 0.117. The van der Waals surface area contributed by atoms with Gasteiger partial charge in [-0.2, -0.15) is 8.78 Å². The maximum Gasteiger partial charge on any atom is 0.298 e. The lowest BCUT2D eigenvalue weighted by Crippen LogP contribution is -2.36. The van der Waals surface area contributed by atoms with Crippen LogP contribution in [0.4, 0.5) is 31.5 Å². The van der Waals surface area contributed by atoms with E-state index in [1.807, 2.05) is 95.6 Å². The lowest BCUT2D eigenvalue weighted by atomic mass is 9.64. The maximum atomic E-state index is 17.3. The van der Waals surface area contributed by atoms with E-state index >= 15 is 8.78 Å². The number of hydrogen-bond acceptors (Lipinski definition) is 3. The molecule has 2 aliphatic rings. The highest BCUT2D eigenvalue weighted by molar-refractivity contribution is 6.09. The number of rotatable bonds is 1. The van der Waals surface area contributed by atoms with E-state index in [1.54, 1.807) is 30.5 Å². The van der Waals surface area contributed by atoms with Crippen LogP contribution in [0.5, 0.6) is 0 Å². The van der Waals surface area contributed by atoms with E-state index in [2.05, 4.69) is 68.7 Å². The first-order chi connectivity index (χ1) is 29.5. The molecule has 1 atom stereocenters. The molecule has 0 radical (unpaired) electrons. The summed E-state index contributed by atoms with van der Waals surface area (Å²) < 4.78 is 65.3. The van der Waals surface area contributed by atoms with Crippen molar-refractivity contribution in [3.63, 3.8) is 0 Å². The molecule has 0 spiro atoms. The predicted molar refractivity (Wildman–Crippen MR) is 239 cm³/mol.